The molecule has 14 heavy (non-hydrogen) atoms. The number of benzene rings is 1. The molecule has 3 nitrogen and oxygen atoms in total. The van der Waals surface area contributed by atoms with Crippen molar-refractivity contribution in [2.24, 2.45) is 0 Å². The highest BCUT2D eigenvalue weighted by molar-refractivity contribution is 5.47. The second kappa shape index (κ2) is 4.33. The number of hydrogen-bond acceptors (Lipinski definition) is 3. The second-order valence-electron chi connectivity index (χ2n) is 3.80. The fourth-order valence-corrected chi connectivity index (χ4v) is 1.07. The van der Waals surface area contributed by atoms with E-state index in [9.17, 15) is 0 Å². The summed E-state index contributed by atoms with van der Waals surface area (Å²) in [6.07, 6.45) is 0. The molecular weight excluding hydrogens is 178 g/mol. The van der Waals surface area contributed by atoms with Gasteiger partial charge in [-0.15, -0.1) is 0 Å². The Labute approximate surface area is 84.7 Å². The average Bonchev–Trinajstić information content (AvgIpc) is 2.17. The predicted molar refractivity (Wildman–Crippen MR) is 57.8 cm³/mol. The van der Waals surface area contributed by atoms with Crippen molar-refractivity contribution in [3.05, 3.63) is 24.3 Å². The predicted octanol–water partition coefficient (Wildman–Crippen LogP) is 1.88. The van der Waals surface area contributed by atoms with Gasteiger partial charge < -0.3 is 15.2 Å². The van der Waals surface area contributed by atoms with Crippen molar-refractivity contribution in [3.8, 4) is 5.75 Å². The molecule has 0 aliphatic rings. The highest BCUT2D eigenvalue weighted by Crippen LogP contribution is 2.21. The van der Waals surface area contributed by atoms with Crippen molar-refractivity contribution in [1.82, 2.24) is 0 Å². The lowest BCUT2D eigenvalue weighted by atomic mass is 10.1. The van der Waals surface area contributed by atoms with Crippen LogP contribution in [0.2, 0.25) is 0 Å². The van der Waals surface area contributed by atoms with E-state index in [0.717, 1.165) is 11.4 Å². The number of nitrogens with one attached hydrogen (secondary N) is 1. The van der Waals surface area contributed by atoms with E-state index in [1.807, 2.05) is 45.2 Å². The molecule has 0 fully saturated rings. The van der Waals surface area contributed by atoms with E-state index in [-0.39, 0.29) is 6.61 Å². The molecule has 0 radical (unpaired) electrons. The van der Waals surface area contributed by atoms with Gasteiger partial charge in [0.05, 0.1) is 6.61 Å². The van der Waals surface area contributed by atoms with E-state index >= 15 is 0 Å². The quantitative estimate of drug-likeness (QED) is 0.770. The molecule has 0 heterocycles. The Hall–Kier alpha value is -1.22. The Morgan fingerprint density at radius 1 is 1.43 bits per heavy atom. The fraction of sp³-hybridized carbons (Fsp3) is 0.455. The van der Waals surface area contributed by atoms with Crippen LogP contribution in [0.3, 0.4) is 0 Å². The highest BCUT2D eigenvalue weighted by atomic mass is 16.5. The first kappa shape index (κ1) is 10.9. The molecule has 0 aliphatic carbocycles. The molecule has 2 N–H and O–H groups in total. The van der Waals surface area contributed by atoms with Crippen LogP contribution in [-0.2, 0) is 0 Å². The van der Waals surface area contributed by atoms with Gasteiger partial charge in [0.1, 0.15) is 11.4 Å². The first-order valence-electron chi connectivity index (χ1n) is 4.65. The molecule has 0 aliphatic heterocycles. The van der Waals surface area contributed by atoms with Crippen molar-refractivity contribution in [2.45, 2.75) is 19.4 Å². The maximum Gasteiger partial charge on any atom is 0.126 e. The van der Waals surface area contributed by atoms with Gasteiger partial charge in [-0.25, -0.2) is 0 Å². The maximum atomic E-state index is 9.04. The van der Waals surface area contributed by atoms with Gasteiger partial charge in [-0.3, -0.25) is 0 Å². The van der Waals surface area contributed by atoms with Gasteiger partial charge in [0.25, 0.3) is 0 Å². The Kier molecular flexibility index (Phi) is 3.36. The lowest BCUT2D eigenvalue weighted by Gasteiger charge is -2.24. The summed E-state index contributed by atoms with van der Waals surface area (Å²) >= 11 is 0. The summed E-state index contributed by atoms with van der Waals surface area (Å²) in [5, 5.41) is 12.1. The molecule has 0 atom stereocenters. The van der Waals surface area contributed by atoms with Crippen molar-refractivity contribution in [2.75, 3.05) is 19.0 Å². The lowest BCUT2D eigenvalue weighted by Crippen LogP contribution is -2.32. The largest absolute Gasteiger partial charge is 0.485 e. The SMILES string of the molecule is CNc1cccc(OC(C)(C)CO)c1. The Bertz CT molecular complexity index is 297. The van der Waals surface area contributed by atoms with Crippen LogP contribution >= 0.6 is 0 Å². The molecule has 1 aromatic rings. The lowest BCUT2D eigenvalue weighted by molar-refractivity contribution is 0.0413. The Morgan fingerprint density at radius 3 is 2.71 bits per heavy atom. The average molecular weight is 195 g/mol. The van der Waals surface area contributed by atoms with Crippen LogP contribution in [0.1, 0.15) is 13.8 Å². The first-order valence-corrected chi connectivity index (χ1v) is 4.65. The minimum atomic E-state index is -0.535. The number of ether oxygens (including phenoxy) is 1. The molecule has 0 bridgehead atoms. The number of aliphatic hydroxyl groups excluding tert-OH is 1. The molecule has 0 saturated heterocycles. The summed E-state index contributed by atoms with van der Waals surface area (Å²) in [6, 6.07) is 7.64. The van der Waals surface area contributed by atoms with Gasteiger partial charge in [-0.1, -0.05) is 6.07 Å². The van der Waals surface area contributed by atoms with Crippen LogP contribution in [0.4, 0.5) is 5.69 Å². The number of aliphatic hydroxyl groups is 1. The van der Waals surface area contributed by atoms with Crippen molar-refractivity contribution < 1.29 is 9.84 Å². The van der Waals surface area contributed by atoms with Gasteiger partial charge in [-0.2, -0.15) is 0 Å². The summed E-state index contributed by atoms with van der Waals surface area (Å²) < 4.78 is 5.60. The normalized spacial score (nSPS) is 11.1. The van der Waals surface area contributed by atoms with Crippen LogP contribution in [0, 0.1) is 0 Å². The molecule has 0 unspecified atom stereocenters. The van der Waals surface area contributed by atoms with Crippen LogP contribution < -0.4 is 10.1 Å². The van der Waals surface area contributed by atoms with Crippen LogP contribution in [0.15, 0.2) is 24.3 Å². The molecule has 0 aromatic heterocycles. The number of rotatable bonds is 4. The van der Waals surface area contributed by atoms with Gasteiger partial charge in [0.2, 0.25) is 0 Å². The van der Waals surface area contributed by atoms with E-state index in [1.165, 1.54) is 0 Å². The van der Waals surface area contributed by atoms with E-state index in [0.29, 0.717) is 0 Å². The maximum absolute atomic E-state index is 9.04. The summed E-state index contributed by atoms with van der Waals surface area (Å²) in [4.78, 5) is 0. The number of hydrogen-bond donors (Lipinski definition) is 2. The highest BCUT2D eigenvalue weighted by Gasteiger charge is 2.17. The van der Waals surface area contributed by atoms with Crippen LogP contribution in [0.5, 0.6) is 5.75 Å². The second-order valence-corrected chi connectivity index (χ2v) is 3.80. The van der Waals surface area contributed by atoms with Crippen molar-refractivity contribution >= 4 is 5.69 Å². The van der Waals surface area contributed by atoms with Crippen molar-refractivity contribution in [1.29, 1.82) is 0 Å². The van der Waals surface area contributed by atoms with Gasteiger partial charge in [0.15, 0.2) is 0 Å². The summed E-state index contributed by atoms with van der Waals surface area (Å²) in [5.41, 5.74) is 0.461. The number of anilines is 1. The molecule has 0 spiro atoms. The van der Waals surface area contributed by atoms with Gasteiger partial charge in [-0.05, 0) is 26.0 Å². The molecule has 78 valence electrons. The fourth-order valence-electron chi connectivity index (χ4n) is 1.07. The van der Waals surface area contributed by atoms with Crippen LogP contribution in [-0.4, -0.2) is 24.4 Å². The minimum absolute atomic E-state index is 0.00319. The third-order valence-electron chi connectivity index (χ3n) is 1.90. The zero-order chi connectivity index (χ0) is 10.6. The summed E-state index contributed by atoms with van der Waals surface area (Å²) in [5.74, 6) is 0.760. The zero-order valence-corrected chi connectivity index (χ0v) is 8.87. The smallest absolute Gasteiger partial charge is 0.126 e. The molecule has 0 saturated carbocycles. The monoisotopic (exact) mass is 195 g/mol. The topological polar surface area (TPSA) is 41.5 Å². The molecule has 1 rings (SSSR count). The van der Waals surface area contributed by atoms with Gasteiger partial charge in [0, 0.05) is 18.8 Å². The van der Waals surface area contributed by atoms with Crippen LogP contribution in [0.25, 0.3) is 0 Å². The van der Waals surface area contributed by atoms with E-state index < -0.39 is 5.60 Å². The van der Waals surface area contributed by atoms with Gasteiger partial charge >= 0.3 is 0 Å². The molecular formula is C11H17NO2. The summed E-state index contributed by atoms with van der Waals surface area (Å²) in [7, 11) is 1.86. The Morgan fingerprint density at radius 2 is 2.14 bits per heavy atom. The van der Waals surface area contributed by atoms with Crippen molar-refractivity contribution in [3.63, 3.8) is 0 Å². The first-order chi connectivity index (χ1) is 6.57. The Balaban J connectivity index is 2.76. The van der Waals surface area contributed by atoms with E-state index in [1.54, 1.807) is 0 Å². The minimum Gasteiger partial charge on any atom is -0.485 e. The van der Waals surface area contributed by atoms with E-state index in [2.05, 4.69) is 5.32 Å². The third kappa shape index (κ3) is 2.92. The molecule has 1 aromatic carbocycles. The summed E-state index contributed by atoms with van der Waals surface area (Å²) in [6.45, 7) is 3.69. The zero-order valence-electron chi connectivity index (χ0n) is 8.87. The third-order valence-corrected chi connectivity index (χ3v) is 1.90. The molecule has 0 amide bonds. The standard InChI is InChI=1S/C11H17NO2/c1-11(2,8-13)14-10-6-4-5-9(7-10)12-3/h4-7,12-13H,8H2,1-3H3. The molecule has 3 heteroatoms. The van der Waals surface area contributed by atoms with E-state index in [4.69, 9.17) is 9.84 Å².